The first-order valence-electron chi connectivity index (χ1n) is 5.74. The number of esters is 1. The van der Waals surface area contributed by atoms with E-state index in [1.807, 2.05) is 0 Å². The smallest absolute Gasteiger partial charge is 0.347 e. The van der Waals surface area contributed by atoms with Crippen molar-refractivity contribution in [2.24, 2.45) is 0 Å². The van der Waals surface area contributed by atoms with Crippen molar-refractivity contribution in [1.29, 1.82) is 0 Å². The molecule has 19 heavy (non-hydrogen) atoms. The van der Waals surface area contributed by atoms with Crippen LogP contribution in [0.25, 0.3) is 0 Å². The van der Waals surface area contributed by atoms with Gasteiger partial charge in [0.05, 0.1) is 13.7 Å². The summed E-state index contributed by atoms with van der Waals surface area (Å²) in [7, 11) is 1.43. The van der Waals surface area contributed by atoms with Crippen LogP contribution in [0.4, 0.5) is 0 Å². The van der Waals surface area contributed by atoms with E-state index in [4.69, 9.17) is 19.3 Å². The van der Waals surface area contributed by atoms with Crippen molar-refractivity contribution >= 4 is 11.9 Å². The molecule has 0 bridgehead atoms. The Balaban J connectivity index is 2.94. The summed E-state index contributed by atoms with van der Waals surface area (Å²) >= 11 is 0. The fourth-order valence-corrected chi connectivity index (χ4v) is 1.40. The molecule has 0 saturated heterocycles. The lowest BCUT2D eigenvalue weighted by molar-refractivity contribution is -0.150. The molecule has 1 rings (SSSR count). The number of carbonyl (C=O) groups excluding carboxylic acids is 1. The van der Waals surface area contributed by atoms with Crippen LogP contribution in [0.3, 0.4) is 0 Å². The van der Waals surface area contributed by atoms with Crippen molar-refractivity contribution < 1.29 is 28.9 Å². The summed E-state index contributed by atoms with van der Waals surface area (Å²) in [5, 5.41) is 9.09. The zero-order chi connectivity index (χ0) is 14.4. The maximum Gasteiger partial charge on any atom is 0.347 e. The molecule has 1 aromatic carbocycles. The number of ether oxygens (including phenoxy) is 3. The number of methoxy groups -OCH3 is 1. The van der Waals surface area contributed by atoms with Crippen LogP contribution in [0.5, 0.6) is 11.5 Å². The number of hydrogen-bond acceptors (Lipinski definition) is 5. The lowest BCUT2D eigenvalue weighted by Gasteiger charge is -2.15. The molecule has 0 aromatic heterocycles. The summed E-state index contributed by atoms with van der Waals surface area (Å²) in [6, 6.07) is 4.33. The van der Waals surface area contributed by atoms with Gasteiger partial charge in [0.2, 0.25) is 0 Å². The van der Waals surface area contributed by atoms with Gasteiger partial charge in [0.25, 0.3) is 0 Å². The van der Waals surface area contributed by atoms with Gasteiger partial charge in [-0.1, -0.05) is 0 Å². The first kappa shape index (κ1) is 14.8. The molecule has 0 aliphatic carbocycles. The summed E-state index contributed by atoms with van der Waals surface area (Å²) in [6.07, 6.45) is -0.883. The third-order valence-electron chi connectivity index (χ3n) is 2.34. The molecule has 0 fully saturated rings. The summed E-state index contributed by atoms with van der Waals surface area (Å²) in [5.74, 6) is -1.22. The van der Waals surface area contributed by atoms with E-state index in [2.05, 4.69) is 0 Å². The van der Waals surface area contributed by atoms with Crippen molar-refractivity contribution in [2.75, 3.05) is 13.7 Å². The number of carbonyl (C=O) groups is 2. The summed E-state index contributed by atoms with van der Waals surface area (Å²) in [6.45, 7) is 3.41. The number of carboxylic acids is 1. The molecule has 0 heterocycles. The second-order valence-corrected chi connectivity index (χ2v) is 3.68. The molecular weight excluding hydrogens is 252 g/mol. The largest absolute Gasteiger partial charge is 0.497 e. The maximum absolute atomic E-state index is 11.4. The van der Waals surface area contributed by atoms with Crippen molar-refractivity contribution in [3.63, 3.8) is 0 Å². The molecule has 0 aliphatic rings. The third kappa shape index (κ3) is 3.87. The zero-order valence-corrected chi connectivity index (χ0v) is 11.0. The minimum Gasteiger partial charge on any atom is -0.497 e. The Morgan fingerprint density at radius 1 is 1.37 bits per heavy atom. The van der Waals surface area contributed by atoms with Crippen LogP contribution >= 0.6 is 0 Å². The van der Waals surface area contributed by atoms with Crippen molar-refractivity contribution in [1.82, 2.24) is 0 Å². The van der Waals surface area contributed by atoms with Crippen molar-refractivity contribution in [3.8, 4) is 11.5 Å². The van der Waals surface area contributed by atoms with Crippen LogP contribution in [-0.4, -0.2) is 36.9 Å². The lowest BCUT2D eigenvalue weighted by Crippen LogP contribution is -2.26. The van der Waals surface area contributed by atoms with Gasteiger partial charge in [-0.3, -0.25) is 0 Å². The first-order valence-corrected chi connectivity index (χ1v) is 5.74. The van der Waals surface area contributed by atoms with E-state index in [0.717, 1.165) is 0 Å². The number of benzene rings is 1. The molecule has 0 amide bonds. The van der Waals surface area contributed by atoms with E-state index in [1.165, 1.54) is 26.2 Å². The Labute approximate surface area is 110 Å². The lowest BCUT2D eigenvalue weighted by atomic mass is 10.2. The summed E-state index contributed by atoms with van der Waals surface area (Å²) < 4.78 is 15.0. The fourth-order valence-electron chi connectivity index (χ4n) is 1.40. The van der Waals surface area contributed by atoms with E-state index in [1.54, 1.807) is 13.0 Å². The minimum absolute atomic E-state index is 0.0736. The van der Waals surface area contributed by atoms with Gasteiger partial charge in [-0.15, -0.1) is 0 Å². The van der Waals surface area contributed by atoms with E-state index >= 15 is 0 Å². The highest BCUT2D eigenvalue weighted by Gasteiger charge is 2.20. The fraction of sp³-hybridized carbons (Fsp3) is 0.385. The van der Waals surface area contributed by atoms with Crippen LogP contribution in [-0.2, 0) is 9.53 Å². The predicted molar refractivity (Wildman–Crippen MR) is 66.7 cm³/mol. The average Bonchev–Trinajstić information content (AvgIpc) is 2.39. The number of hydrogen-bond donors (Lipinski definition) is 1. The van der Waals surface area contributed by atoms with Crippen LogP contribution in [0.15, 0.2) is 18.2 Å². The normalized spacial score (nSPS) is 11.5. The van der Waals surface area contributed by atoms with Gasteiger partial charge in [-0.25, -0.2) is 9.59 Å². The quantitative estimate of drug-likeness (QED) is 0.791. The summed E-state index contributed by atoms with van der Waals surface area (Å²) in [4.78, 5) is 22.5. The Morgan fingerprint density at radius 2 is 2.05 bits per heavy atom. The summed E-state index contributed by atoms with van der Waals surface area (Å²) in [5.41, 5.74) is -0.0736. The Hall–Kier alpha value is -2.24. The molecule has 6 nitrogen and oxygen atoms in total. The molecule has 0 aliphatic heterocycles. The minimum atomic E-state index is -1.16. The number of rotatable bonds is 6. The second kappa shape index (κ2) is 6.63. The number of aromatic carboxylic acids is 1. The molecule has 0 saturated carbocycles. The molecule has 1 atom stereocenters. The Bertz CT molecular complexity index is 468. The van der Waals surface area contributed by atoms with Crippen LogP contribution in [0.2, 0.25) is 0 Å². The molecule has 0 radical (unpaired) electrons. The first-order chi connectivity index (χ1) is 8.99. The van der Waals surface area contributed by atoms with E-state index in [0.29, 0.717) is 5.75 Å². The van der Waals surface area contributed by atoms with Gasteiger partial charge in [-0.2, -0.15) is 0 Å². The van der Waals surface area contributed by atoms with E-state index in [-0.39, 0.29) is 17.9 Å². The van der Waals surface area contributed by atoms with Gasteiger partial charge < -0.3 is 19.3 Å². The van der Waals surface area contributed by atoms with Gasteiger partial charge in [0.1, 0.15) is 17.1 Å². The zero-order valence-electron chi connectivity index (χ0n) is 11.0. The van der Waals surface area contributed by atoms with Gasteiger partial charge in [0.15, 0.2) is 6.10 Å². The molecule has 6 heteroatoms. The van der Waals surface area contributed by atoms with Crippen LogP contribution < -0.4 is 9.47 Å². The van der Waals surface area contributed by atoms with Gasteiger partial charge >= 0.3 is 11.9 Å². The van der Waals surface area contributed by atoms with E-state index in [9.17, 15) is 9.59 Å². The predicted octanol–water partition coefficient (Wildman–Crippen LogP) is 1.72. The Morgan fingerprint density at radius 3 is 2.58 bits per heavy atom. The highest BCUT2D eigenvalue weighted by atomic mass is 16.6. The molecule has 104 valence electrons. The molecular formula is C13H16O6. The van der Waals surface area contributed by atoms with Crippen LogP contribution in [0.1, 0.15) is 24.2 Å². The monoisotopic (exact) mass is 268 g/mol. The molecule has 0 spiro atoms. The molecule has 1 aromatic rings. The SMILES string of the molecule is CCOC(=O)C(C)Oc1ccc(OC)cc1C(=O)O. The number of carboxylic acid groups (broad SMARTS) is 1. The van der Waals surface area contributed by atoms with Crippen molar-refractivity contribution in [3.05, 3.63) is 23.8 Å². The van der Waals surface area contributed by atoms with Crippen molar-refractivity contribution in [2.45, 2.75) is 20.0 Å². The highest BCUT2D eigenvalue weighted by Crippen LogP contribution is 2.25. The average molecular weight is 268 g/mol. The third-order valence-corrected chi connectivity index (χ3v) is 2.34. The van der Waals surface area contributed by atoms with E-state index < -0.39 is 18.0 Å². The standard InChI is InChI=1S/C13H16O6/c1-4-18-13(16)8(2)19-11-6-5-9(17-3)7-10(11)12(14)15/h5-8H,4H2,1-3H3,(H,14,15). The van der Waals surface area contributed by atoms with Gasteiger partial charge in [-0.05, 0) is 32.0 Å². The Kier molecular flexibility index (Phi) is 5.17. The molecule has 1 N–H and O–H groups in total. The van der Waals surface area contributed by atoms with Crippen LogP contribution in [0, 0.1) is 0 Å². The topological polar surface area (TPSA) is 82.1 Å². The highest BCUT2D eigenvalue weighted by molar-refractivity contribution is 5.91. The second-order valence-electron chi connectivity index (χ2n) is 3.68. The molecule has 1 unspecified atom stereocenters. The van der Waals surface area contributed by atoms with Gasteiger partial charge in [0, 0.05) is 0 Å². The maximum atomic E-state index is 11.4.